The maximum atomic E-state index is 2.27. The third-order valence-electron chi connectivity index (χ3n) is 3.30. The lowest BCUT2D eigenvalue weighted by atomic mass is 10.0. The Morgan fingerprint density at radius 1 is 0.647 bits per heavy atom. The van der Waals surface area contributed by atoms with Crippen molar-refractivity contribution in [2.75, 3.05) is 0 Å². The molecule has 1 aliphatic heterocycles. The van der Waals surface area contributed by atoms with E-state index >= 15 is 0 Å². The first-order chi connectivity index (χ1) is 8.24. The molecule has 0 nitrogen and oxygen atoms in total. The number of hydrogen-bond acceptors (Lipinski definition) is 1. The highest BCUT2D eigenvalue weighted by atomic mass is 32.2. The Morgan fingerprint density at radius 2 is 1.00 bits per heavy atom. The molecule has 1 saturated heterocycles. The zero-order valence-corrected chi connectivity index (χ0v) is 11.0. The summed E-state index contributed by atoms with van der Waals surface area (Å²) in [5.74, 6) is 0. The second kappa shape index (κ2) is 4.23. The third-order valence-corrected chi connectivity index (χ3v) is 4.66. The van der Waals surface area contributed by atoms with Crippen molar-refractivity contribution in [1.82, 2.24) is 0 Å². The molecule has 86 valence electrons. The van der Waals surface area contributed by atoms with Gasteiger partial charge < -0.3 is 0 Å². The Bertz CT molecular complexity index is 461. The van der Waals surface area contributed by atoms with Crippen LogP contribution in [0.5, 0.6) is 0 Å². The molecule has 0 amide bonds. The summed E-state index contributed by atoms with van der Waals surface area (Å²) in [5, 5.41) is 1.33. The highest BCUT2D eigenvalue weighted by molar-refractivity contribution is 8.06. The fourth-order valence-electron chi connectivity index (χ4n) is 2.13. The van der Waals surface area contributed by atoms with E-state index in [0.29, 0.717) is 10.5 Å². The van der Waals surface area contributed by atoms with Crippen LogP contribution in [0.1, 0.15) is 32.8 Å². The van der Waals surface area contributed by atoms with Gasteiger partial charge in [-0.1, -0.05) is 59.7 Å². The lowest BCUT2D eigenvalue weighted by molar-refractivity contribution is 1.02. The summed E-state index contributed by atoms with van der Waals surface area (Å²) >= 11 is 2.05. The molecule has 2 aromatic carbocycles. The molecule has 0 spiro atoms. The van der Waals surface area contributed by atoms with Crippen molar-refractivity contribution in [2.45, 2.75) is 24.3 Å². The average molecular weight is 240 g/mol. The maximum absolute atomic E-state index is 2.27. The molecular weight excluding hydrogens is 224 g/mol. The van der Waals surface area contributed by atoms with E-state index in [9.17, 15) is 0 Å². The van der Waals surface area contributed by atoms with Crippen LogP contribution >= 0.6 is 11.8 Å². The second-order valence-corrected chi connectivity index (χ2v) is 6.09. The van der Waals surface area contributed by atoms with Crippen molar-refractivity contribution in [1.29, 1.82) is 0 Å². The van der Waals surface area contributed by atoms with Crippen molar-refractivity contribution in [3.63, 3.8) is 0 Å². The molecule has 0 N–H and O–H groups in total. The lowest BCUT2D eigenvalue weighted by Gasteiger charge is -2.01. The second-order valence-electron chi connectivity index (χ2n) is 4.80. The number of hydrogen-bond donors (Lipinski definition) is 0. The van der Waals surface area contributed by atoms with Crippen LogP contribution in [0.3, 0.4) is 0 Å². The summed E-state index contributed by atoms with van der Waals surface area (Å²) in [7, 11) is 0. The minimum Gasteiger partial charge on any atom is -0.143 e. The quantitative estimate of drug-likeness (QED) is 0.677. The lowest BCUT2D eigenvalue weighted by Crippen LogP contribution is -1.85. The van der Waals surface area contributed by atoms with E-state index in [1.165, 1.54) is 22.3 Å². The van der Waals surface area contributed by atoms with Crippen molar-refractivity contribution in [2.24, 2.45) is 0 Å². The molecule has 0 aliphatic carbocycles. The van der Waals surface area contributed by atoms with E-state index in [1.54, 1.807) is 0 Å². The van der Waals surface area contributed by atoms with E-state index in [-0.39, 0.29) is 0 Å². The van der Waals surface area contributed by atoms with E-state index in [0.717, 1.165) is 0 Å². The van der Waals surface area contributed by atoms with Gasteiger partial charge in [0.2, 0.25) is 0 Å². The molecule has 3 rings (SSSR count). The summed E-state index contributed by atoms with van der Waals surface area (Å²) in [6, 6.07) is 17.9. The van der Waals surface area contributed by atoms with Gasteiger partial charge >= 0.3 is 0 Å². The molecule has 0 aromatic heterocycles. The van der Waals surface area contributed by atoms with Crippen LogP contribution in [0.4, 0.5) is 0 Å². The van der Waals surface area contributed by atoms with Crippen LogP contribution in [0, 0.1) is 13.8 Å². The Labute approximate surface area is 107 Å². The van der Waals surface area contributed by atoms with Crippen LogP contribution in [0.15, 0.2) is 48.5 Å². The first-order valence-electron chi connectivity index (χ1n) is 6.02. The van der Waals surface area contributed by atoms with E-state index in [1.807, 2.05) is 0 Å². The van der Waals surface area contributed by atoms with E-state index in [4.69, 9.17) is 0 Å². The first kappa shape index (κ1) is 10.9. The molecule has 17 heavy (non-hydrogen) atoms. The smallest absolute Gasteiger partial charge is 0.0463 e. The fourth-order valence-corrected chi connectivity index (χ4v) is 3.30. The average Bonchev–Trinajstić information content (AvgIpc) is 3.11. The van der Waals surface area contributed by atoms with Gasteiger partial charge in [0.15, 0.2) is 0 Å². The van der Waals surface area contributed by atoms with E-state index in [2.05, 4.69) is 74.1 Å². The van der Waals surface area contributed by atoms with Gasteiger partial charge in [-0.3, -0.25) is 0 Å². The Kier molecular flexibility index (Phi) is 2.71. The van der Waals surface area contributed by atoms with Gasteiger partial charge in [0.1, 0.15) is 0 Å². The van der Waals surface area contributed by atoms with Crippen LogP contribution in [0.25, 0.3) is 0 Å². The van der Waals surface area contributed by atoms with Gasteiger partial charge in [-0.05, 0) is 25.0 Å². The standard InChI is InChI=1S/C16H16S/c1-11-3-7-13(8-4-11)15-16(17-15)14-9-5-12(2)6-10-14/h3-10,15-16H,1-2H3/t15-,16-/m0/s1. The molecule has 2 atom stereocenters. The summed E-state index contributed by atoms with van der Waals surface area (Å²) < 4.78 is 0. The first-order valence-corrected chi connectivity index (χ1v) is 6.97. The zero-order chi connectivity index (χ0) is 11.8. The maximum Gasteiger partial charge on any atom is 0.0463 e. The van der Waals surface area contributed by atoms with Gasteiger partial charge in [-0.25, -0.2) is 0 Å². The van der Waals surface area contributed by atoms with Crippen LogP contribution in [-0.4, -0.2) is 0 Å². The minimum atomic E-state index is 0.665. The summed E-state index contributed by atoms with van der Waals surface area (Å²) in [5.41, 5.74) is 5.61. The van der Waals surface area contributed by atoms with Crippen molar-refractivity contribution in [3.05, 3.63) is 70.8 Å². The molecule has 1 heteroatoms. The predicted molar refractivity (Wildman–Crippen MR) is 75.4 cm³/mol. The van der Waals surface area contributed by atoms with E-state index < -0.39 is 0 Å². The number of thioether (sulfide) groups is 1. The molecule has 1 heterocycles. The van der Waals surface area contributed by atoms with Crippen LogP contribution in [0.2, 0.25) is 0 Å². The topological polar surface area (TPSA) is 0 Å². The van der Waals surface area contributed by atoms with Crippen molar-refractivity contribution >= 4 is 11.8 Å². The molecule has 0 saturated carbocycles. The monoisotopic (exact) mass is 240 g/mol. The molecule has 0 bridgehead atoms. The Morgan fingerprint density at radius 3 is 1.35 bits per heavy atom. The number of aryl methyl sites for hydroxylation is 2. The molecular formula is C16H16S. The summed E-state index contributed by atoms with van der Waals surface area (Å²) in [4.78, 5) is 0. The Hall–Kier alpha value is -1.21. The third kappa shape index (κ3) is 2.25. The molecule has 2 aromatic rings. The molecule has 1 fully saturated rings. The fraction of sp³-hybridized carbons (Fsp3) is 0.250. The normalized spacial score (nSPS) is 22.5. The summed E-state index contributed by atoms with van der Waals surface area (Å²) in [6.07, 6.45) is 0. The predicted octanol–water partition coefficient (Wildman–Crippen LogP) is 4.83. The van der Waals surface area contributed by atoms with Crippen LogP contribution in [-0.2, 0) is 0 Å². The minimum absolute atomic E-state index is 0.665. The van der Waals surface area contributed by atoms with Gasteiger partial charge in [0.25, 0.3) is 0 Å². The van der Waals surface area contributed by atoms with Gasteiger partial charge in [-0.2, -0.15) is 0 Å². The SMILES string of the molecule is Cc1ccc([C@@H]2S[C@H]2c2ccc(C)cc2)cc1. The summed E-state index contributed by atoms with van der Waals surface area (Å²) in [6.45, 7) is 4.28. The molecule has 0 unspecified atom stereocenters. The van der Waals surface area contributed by atoms with Crippen LogP contribution < -0.4 is 0 Å². The highest BCUT2D eigenvalue weighted by Gasteiger charge is 2.40. The largest absolute Gasteiger partial charge is 0.143 e. The number of benzene rings is 2. The van der Waals surface area contributed by atoms with Gasteiger partial charge in [-0.15, -0.1) is 11.8 Å². The van der Waals surface area contributed by atoms with Gasteiger partial charge in [0, 0.05) is 10.5 Å². The molecule has 1 aliphatic rings. The van der Waals surface area contributed by atoms with Crippen molar-refractivity contribution < 1.29 is 0 Å². The Balaban J connectivity index is 1.78. The molecule has 0 radical (unpaired) electrons. The number of rotatable bonds is 2. The highest BCUT2D eigenvalue weighted by Crippen LogP contribution is 2.65. The van der Waals surface area contributed by atoms with Gasteiger partial charge in [0.05, 0.1) is 0 Å². The zero-order valence-electron chi connectivity index (χ0n) is 10.2. The van der Waals surface area contributed by atoms with Crippen molar-refractivity contribution in [3.8, 4) is 0 Å².